The summed E-state index contributed by atoms with van der Waals surface area (Å²) in [5.41, 5.74) is 1.31. The summed E-state index contributed by atoms with van der Waals surface area (Å²) < 4.78 is 24.0. The molecule has 1 heterocycles. The van der Waals surface area contributed by atoms with Crippen LogP contribution in [0.5, 0.6) is 0 Å². The van der Waals surface area contributed by atoms with Crippen LogP contribution in [-0.4, -0.2) is 32.7 Å². The molecule has 2 N–H and O–H groups in total. The maximum atomic E-state index is 10.8. The number of aromatic nitrogens is 1. The normalized spacial score (nSPS) is 10.9. The van der Waals surface area contributed by atoms with E-state index in [9.17, 15) is 8.42 Å². The fourth-order valence-electron chi connectivity index (χ4n) is 1.33. The van der Waals surface area contributed by atoms with Crippen molar-refractivity contribution in [3.05, 3.63) is 23.4 Å². The number of hydrogen-bond acceptors (Lipinski definition) is 5. The van der Waals surface area contributed by atoms with E-state index in [2.05, 4.69) is 21.1 Å². The van der Waals surface area contributed by atoms with Crippen molar-refractivity contribution in [3.8, 4) is 6.07 Å². The second-order valence-corrected chi connectivity index (χ2v) is 5.74. The Morgan fingerprint density at radius 2 is 2.11 bits per heavy atom. The fourth-order valence-corrected chi connectivity index (χ4v) is 1.85. The zero-order chi connectivity index (χ0) is 13.6. The first-order valence-corrected chi connectivity index (χ1v) is 7.38. The van der Waals surface area contributed by atoms with Crippen LogP contribution < -0.4 is 10.0 Å². The zero-order valence-corrected chi connectivity index (χ0v) is 11.2. The Labute approximate surface area is 107 Å². The molecule has 98 valence electrons. The molecule has 0 saturated heterocycles. The van der Waals surface area contributed by atoms with Crippen LogP contribution in [0.3, 0.4) is 0 Å². The van der Waals surface area contributed by atoms with Crippen LogP contribution in [-0.2, 0) is 10.0 Å². The smallest absolute Gasteiger partial charge is 0.208 e. The molecule has 7 heteroatoms. The summed E-state index contributed by atoms with van der Waals surface area (Å²) in [5, 5.41) is 11.9. The van der Waals surface area contributed by atoms with E-state index >= 15 is 0 Å². The van der Waals surface area contributed by atoms with Crippen molar-refractivity contribution in [1.29, 1.82) is 5.26 Å². The fraction of sp³-hybridized carbons (Fsp3) is 0.455. The van der Waals surface area contributed by atoms with Crippen molar-refractivity contribution in [2.24, 2.45) is 0 Å². The molecule has 1 aromatic heterocycles. The van der Waals surface area contributed by atoms with Gasteiger partial charge < -0.3 is 5.32 Å². The van der Waals surface area contributed by atoms with E-state index in [1.165, 1.54) is 0 Å². The van der Waals surface area contributed by atoms with Gasteiger partial charge in [-0.1, -0.05) is 0 Å². The average molecular weight is 268 g/mol. The van der Waals surface area contributed by atoms with E-state index < -0.39 is 10.0 Å². The van der Waals surface area contributed by atoms with E-state index in [0.717, 1.165) is 11.9 Å². The lowest BCUT2D eigenvalue weighted by molar-refractivity contribution is 0.586. The van der Waals surface area contributed by atoms with Crippen molar-refractivity contribution in [2.75, 3.05) is 24.7 Å². The van der Waals surface area contributed by atoms with Gasteiger partial charge in [-0.25, -0.2) is 18.1 Å². The maximum absolute atomic E-state index is 10.8. The molecular formula is C11H16N4O2S. The lowest BCUT2D eigenvalue weighted by Crippen LogP contribution is -2.24. The molecule has 0 unspecified atom stereocenters. The monoisotopic (exact) mass is 268 g/mol. The van der Waals surface area contributed by atoms with Gasteiger partial charge in [-0.2, -0.15) is 5.26 Å². The highest BCUT2D eigenvalue weighted by molar-refractivity contribution is 7.88. The lowest BCUT2D eigenvalue weighted by Gasteiger charge is -2.08. The molecule has 0 bridgehead atoms. The molecule has 0 aliphatic heterocycles. The van der Waals surface area contributed by atoms with Gasteiger partial charge in [0.1, 0.15) is 11.9 Å². The highest BCUT2D eigenvalue weighted by Crippen LogP contribution is 2.11. The van der Waals surface area contributed by atoms with Crippen molar-refractivity contribution in [1.82, 2.24) is 9.71 Å². The molecule has 1 rings (SSSR count). The number of sulfonamides is 1. The van der Waals surface area contributed by atoms with Gasteiger partial charge in [0.05, 0.1) is 11.8 Å². The Balaban J connectivity index is 2.45. The van der Waals surface area contributed by atoms with Crippen molar-refractivity contribution < 1.29 is 8.42 Å². The van der Waals surface area contributed by atoms with Gasteiger partial charge in [0.2, 0.25) is 10.0 Å². The molecule has 6 nitrogen and oxygen atoms in total. The van der Waals surface area contributed by atoms with Crippen LogP contribution in [0, 0.1) is 18.3 Å². The number of nitrogens with zero attached hydrogens (tertiary/aromatic N) is 2. The van der Waals surface area contributed by atoms with Gasteiger partial charge in [0, 0.05) is 18.8 Å². The number of hydrogen-bond donors (Lipinski definition) is 2. The molecular weight excluding hydrogens is 252 g/mol. The first-order valence-electron chi connectivity index (χ1n) is 5.48. The summed E-state index contributed by atoms with van der Waals surface area (Å²) >= 11 is 0. The van der Waals surface area contributed by atoms with Gasteiger partial charge in [-0.05, 0) is 25.5 Å². The molecule has 0 aromatic carbocycles. The molecule has 0 saturated carbocycles. The minimum atomic E-state index is -3.13. The molecule has 0 aliphatic carbocycles. The molecule has 18 heavy (non-hydrogen) atoms. The third-order valence-corrected chi connectivity index (χ3v) is 2.89. The quantitative estimate of drug-likeness (QED) is 0.737. The van der Waals surface area contributed by atoms with Gasteiger partial charge in [0.15, 0.2) is 0 Å². The molecule has 0 radical (unpaired) electrons. The topological polar surface area (TPSA) is 94.9 Å². The molecule has 0 spiro atoms. The molecule has 0 fully saturated rings. The van der Waals surface area contributed by atoms with Crippen LogP contribution in [0.25, 0.3) is 0 Å². The standard InChI is InChI=1S/C11H16N4O2S/c1-9-4-5-10(8-12)11(15-9)13-6-3-7-14-18(2,16)17/h4-5,14H,3,6-7H2,1-2H3,(H,13,15). The Morgan fingerprint density at radius 3 is 2.72 bits per heavy atom. The zero-order valence-electron chi connectivity index (χ0n) is 10.4. The first kappa shape index (κ1) is 14.4. The van der Waals surface area contributed by atoms with Crippen LogP contribution in [0.15, 0.2) is 12.1 Å². The SMILES string of the molecule is Cc1ccc(C#N)c(NCCCNS(C)(=O)=O)n1. The lowest BCUT2D eigenvalue weighted by atomic mass is 10.2. The summed E-state index contributed by atoms with van der Waals surface area (Å²) in [6, 6.07) is 5.53. The van der Waals surface area contributed by atoms with E-state index in [1.807, 2.05) is 6.92 Å². The molecule has 1 aromatic rings. The van der Waals surface area contributed by atoms with Gasteiger partial charge in [-0.3, -0.25) is 0 Å². The number of nitriles is 1. The van der Waals surface area contributed by atoms with Crippen LogP contribution in [0.4, 0.5) is 5.82 Å². The first-order chi connectivity index (χ1) is 8.42. The predicted octanol–water partition coefficient (Wildman–Crippen LogP) is 0.613. The Kier molecular flexibility index (Phi) is 5.07. The van der Waals surface area contributed by atoms with E-state index in [0.29, 0.717) is 30.9 Å². The average Bonchev–Trinajstić information content (AvgIpc) is 2.27. The Morgan fingerprint density at radius 1 is 1.39 bits per heavy atom. The molecule has 0 aliphatic rings. The third kappa shape index (κ3) is 5.12. The number of rotatable bonds is 6. The molecule has 0 amide bonds. The van der Waals surface area contributed by atoms with Gasteiger partial charge >= 0.3 is 0 Å². The second-order valence-electron chi connectivity index (χ2n) is 3.91. The van der Waals surface area contributed by atoms with Crippen molar-refractivity contribution >= 4 is 15.8 Å². The summed E-state index contributed by atoms with van der Waals surface area (Å²) in [6.07, 6.45) is 1.74. The van der Waals surface area contributed by atoms with Gasteiger partial charge in [-0.15, -0.1) is 0 Å². The van der Waals surface area contributed by atoms with Crippen LogP contribution in [0.1, 0.15) is 17.7 Å². The Bertz CT molecular complexity index is 549. The summed E-state index contributed by atoms with van der Waals surface area (Å²) in [6.45, 7) is 2.75. The largest absolute Gasteiger partial charge is 0.369 e. The number of nitrogens with one attached hydrogen (secondary N) is 2. The van der Waals surface area contributed by atoms with E-state index in [1.54, 1.807) is 12.1 Å². The number of aryl methyl sites for hydroxylation is 1. The number of pyridine rings is 1. The van der Waals surface area contributed by atoms with Crippen molar-refractivity contribution in [2.45, 2.75) is 13.3 Å². The second kappa shape index (κ2) is 6.33. The van der Waals surface area contributed by atoms with Crippen LogP contribution in [0.2, 0.25) is 0 Å². The summed E-state index contributed by atoms with van der Waals surface area (Å²) in [4.78, 5) is 4.22. The minimum Gasteiger partial charge on any atom is -0.369 e. The third-order valence-electron chi connectivity index (χ3n) is 2.17. The highest BCUT2D eigenvalue weighted by Gasteiger charge is 2.03. The van der Waals surface area contributed by atoms with Gasteiger partial charge in [0.25, 0.3) is 0 Å². The minimum absolute atomic E-state index is 0.361. The predicted molar refractivity (Wildman–Crippen MR) is 69.6 cm³/mol. The summed E-state index contributed by atoms with van der Waals surface area (Å²) in [7, 11) is -3.13. The highest BCUT2D eigenvalue weighted by atomic mass is 32.2. The van der Waals surface area contributed by atoms with E-state index in [4.69, 9.17) is 5.26 Å². The Hall–Kier alpha value is -1.65. The van der Waals surface area contributed by atoms with Crippen molar-refractivity contribution in [3.63, 3.8) is 0 Å². The molecule has 0 atom stereocenters. The van der Waals surface area contributed by atoms with Crippen LogP contribution >= 0.6 is 0 Å². The maximum Gasteiger partial charge on any atom is 0.208 e. The number of anilines is 1. The summed E-state index contributed by atoms with van der Waals surface area (Å²) in [5.74, 6) is 0.539. The van der Waals surface area contributed by atoms with E-state index in [-0.39, 0.29) is 0 Å².